The number of fused-ring (bicyclic) bond motifs is 3. The van der Waals surface area contributed by atoms with Gasteiger partial charge in [-0.25, -0.2) is 66.5 Å². The zero-order valence-corrected chi connectivity index (χ0v) is 79.4. The number of amides is 6. The average Bonchev–Trinajstić information content (AvgIpc) is 1.27. The van der Waals surface area contributed by atoms with E-state index in [1.807, 2.05) is 79.4 Å². The molecule has 6 amide bonds. The van der Waals surface area contributed by atoms with Gasteiger partial charge in [0.1, 0.15) is 48.8 Å². The summed E-state index contributed by atoms with van der Waals surface area (Å²) in [5.74, 6) is -3.06. The average molecular weight is 1990 g/mol. The van der Waals surface area contributed by atoms with Crippen molar-refractivity contribution in [3.63, 3.8) is 0 Å². The molecule has 6 atom stereocenters. The van der Waals surface area contributed by atoms with Crippen LogP contribution in [0.15, 0.2) is 211 Å². The Hall–Kier alpha value is -13.0. The van der Waals surface area contributed by atoms with Crippen LogP contribution in [0.5, 0.6) is 0 Å². The summed E-state index contributed by atoms with van der Waals surface area (Å²) >= 11 is 23.6. The summed E-state index contributed by atoms with van der Waals surface area (Å²) in [6, 6.07) is 30.6. The highest BCUT2D eigenvalue weighted by molar-refractivity contribution is 7.12. The minimum absolute atomic E-state index is 0.0677. The number of benzene rings is 6. The highest BCUT2D eigenvalue weighted by atomic mass is 35.5. The summed E-state index contributed by atoms with van der Waals surface area (Å²) < 4.78 is 77.7. The van der Waals surface area contributed by atoms with Gasteiger partial charge in [-0.05, 0) is 103 Å². The number of rotatable bonds is 26. The van der Waals surface area contributed by atoms with Crippen LogP contribution in [-0.2, 0) is 70.3 Å². The minimum Gasteiger partial charge on any atom is -0.466 e. The summed E-state index contributed by atoms with van der Waals surface area (Å²) in [5.41, 5.74) is 8.23. The second kappa shape index (κ2) is 43.5. The van der Waals surface area contributed by atoms with Gasteiger partial charge in [0.05, 0.1) is 82.1 Å². The minimum atomic E-state index is -0.858. The van der Waals surface area contributed by atoms with Gasteiger partial charge in [0, 0.05) is 206 Å². The van der Waals surface area contributed by atoms with Crippen molar-refractivity contribution in [2.45, 2.75) is 63.3 Å². The first-order chi connectivity index (χ1) is 66.2. The normalized spacial score (nSPS) is 20.0. The number of piperazine rings is 3. The molecule has 0 radical (unpaired) electrons. The van der Waals surface area contributed by atoms with Crippen molar-refractivity contribution in [1.29, 1.82) is 0 Å². The van der Waals surface area contributed by atoms with E-state index in [1.54, 1.807) is 64.5 Å². The van der Waals surface area contributed by atoms with Gasteiger partial charge >= 0.3 is 53.9 Å². The monoisotopic (exact) mass is 1990 g/mol. The molecule has 0 aliphatic carbocycles. The summed E-state index contributed by atoms with van der Waals surface area (Å²) in [5, 5.41) is 17.7. The molecule has 43 heteroatoms. The molecule has 9 aromatic rings. The highest BCUT2D eigenvalue weighted by Crippen LogP contribution is 2.43. The Kier molecular flexibility index (Phi) is 30.9. The molecule has 6 fully saturated rings. The van der Waals surface area contributed by atoms with Crippen LogP contribution < -0.4 is 30.7 Å². The number of ether oxygens (including phenoxy) is 7. The van der Waals surface area contributed by atoms with Gasteiger partial charge in [-0.15, -0.1) is 34.0 Å². The molecule has 6 aromatic carbocycles. The van der Waals surface area contributed by atoms with Crippen LogP contribution in [0.2, 0.25) is 15.1 Å². The zero-order chi connectivity index (χ0) is 96.4. The van der Waals surface area contributed by atoms with Crippen LogP contribution in [-0.4, -0.2) is 274 Å². The molecule has 0 unspecified atom stereocenters. The van der Waals surface area contributed by atoms with Crippen molar-refractivity contribution < 1.29 is 89.5 Å². The smallest absolute Gasteiger partial charge is 0.338 e. The first-order valence-electron chi connectivity index (χ1n) is 43.4. The number of anilines is 3. The molecule has 714 valence electrons. The van der Waals surface area contributed by atoms with Crippen molar-refractivity contribution in [1.82, 2.24) is 60.3 Å². The molecule has 6 saturated heterocycles. The Morgan fingerprint density at radius 2 is 0.752 bits per heavy atom. The molecule has 3 aromatic heterocycles. The molecule has 0 saturated carbocycles. The highest BCUT2D eigenvalue weighted by Gasteiger charge is 2.47. The standard InChI is InChI=1S/C33H34ClFN6O6S.C31H30ClFN6O5S.C30H28ClFN6O5S/c1-3-47-27(42)19-46-18-20-4-7-22(8-5-20)41-16-23-15-39(11-12-40(23)33(41)44)17-26-28(32(43)45-2)29(24-9-6-21(35)14-25(24)34)38-30(37-26)31-36-10-13-48-31;1-18(40)44-17-19-3-6-21(7-4-19)39-15-22-14-37(10-11-38(22)31(39)42)16-25-26(30(41)43-2)27(23-8-5-20(33)13-24(23)32)36-28(35-25)29-34-9-12-45-29;1-42-28(39)17-3-6-19(7-4-17)38-15-20-14-36(10-11-37(20)30(38)41)16-23-24(29(40)43-2)25(21-8-5-18(32)13-22(21)31)35-26(34-23)27-33-9-12-44-27/h4-10,13-14,23,29H,3,11-12,15-19H2,1-2H3,(H,37,38);3-9,12-13,22,27H,10-11,14-17H2,1-2H3,(H,35,36);3-9,12-13,20,25H,10-11,14-16H2,1-2H3,(H,34,35)/t23-,29-;22-,27-;20-,25-/m000/s1. The van der Waals surface area contributed by atoms with Crippen LogP contribution >= 0.6 is 68.8 Å². The van der Waals surface area contributed by atoms with E-state index in [4.69, 9.17) is 82.9 Å². The number of carbonyl (C=O) groups is 9. The molecule has 3 N–H and O–H groups in total. The Bertz CT molecular complexity index is 6260. The number of aliphatic imine (C=N–C) groups is 3. The van der Waals surface area contributed by atoms with E-state index in [-0.39, 0.29) is 93.8 Å². The lowest BCUT2D eigenvalue weighted by Gasteiger charge is -2.38. The number of amidine groups is 3. The quantitative estimate of drug-likeness (QED) is 0.0335. The number of hydrogen-bond acceptors (Lipinski definition) is 31. The lowest BCUT2D eigenvalue weighted by atomic mass is 9.95. The van der Waals surface area contributed by atoms with Crippen molar-refractivity contribution in [2.75, 3.05) is 155 Å². The predicted molar refractivity (Wildman–Crippen MR) is 506 cm³/mol. The third kappa shape index (κ3) is 22.0. The van der Waals surface area contributed by atoms with Crippen molar-refractivity contribution >= 4 is 157 Å². The maximum Gasteiger partial charge on any atom is 0.338 e. The van der Waals surface area contributed by atoms with Gasteiger partial charge in [0.25, 0.3) is 0 Å². The van der Waals surface area contributed by atoms with Gasteiger partial charge in [-0.2, -0.15) is 0 Å². The number of methoxy groups -OCH3 is 4. The van der Waals surface area contributed by atoms with Gasteiger partial charge in [-0.3, -0.25) is 49.2 Å². The topological polar surface area (TPSA) is 359 Å². The molecule has 0 bridgehead atoms. The largest absolute Gasteiger partial charge is 0.466 e. The molecule has 0 spiro atoms. The molecule has 18 rings (SSSR count). The Balaban J connectivity index is 0.000000149. The summed E-state index contributed by atoms with van der Waals surface area (Å²) in [6.45, 7) is 11.0. The second-order valence-corrected chi connectivity index (χ2v) is 36.5. The second-order valence-electron chi connectivity index (χ2n) is 32.6. The van der Waals surface area contributed by atoms with E-state index in [1.165, 1.54) is 124 Å². The Labute approximate surface area is 811 Å². The number of carbonyl (C=O) groups excluding carboxylic acids is 9. The molecule has 9 aliphatic rings. The first-order valence-corrected chi connectivity index (χ1v) is 47.2. The lowest BCUT2D eigenvalue weighted by molar-refractivity contribution is -0.149. The van der Waals surface area contributed by atoms with E-state index in [9.17, 15) is 56.3 Å². The third-order valence-corrected chi connectivity index (χ3v) is 27.4. The van der Waals surface area contributed by atoms with Gasteiger partial charge in [0.15, 0.2) is 32.5 Å². The fourth-order valence-electron chi connectivity index (χ4n) is 17.5. The SMILES string of the molecule is CCOC(=O)COCc1ccc(N2C[C@@H]3CN(CC4=C(C(=O)OC)[C@H](c5ccc(F)cc5Cl)N=C(c5nccs5)N4)CCN3C2=O)cc1.COC(=O)C1=C(CN2CCN3C(=O)N(c4ccc(C(=O)OC)cc4)C[C@@H]3C2)NC(c2nccs2)=N[C@H]1c1ccc(F)cc1Cl.COC(=O)C1=C(CN2CCN3C(=O)N(c4ccc(COC(C)=O)cc4)C[C@@H]3C2)NC(c2nccs2)=N[C@H]1c1ccc(F)cc1Cl. The zero-order valence-electron chi connectivity index (χ0n) is 74.7. The summed E-state index contributed by atoms with van der Waals surface area (Å²) in [6.07, 6.45) is 4.99. The molecule has 137 heavy (non-hydrogen) atoms. The first kappa shape index (κ1) is 97.1. The lowest BCUT2D eigenvalue weighted by Crippen LogP contribution is -2.53. The number of nitrogens with one attached hydrogen (secondary N) is 3. The van der Waals surface area contributed by atoms with E-state index < -0.39 is 65.4 Å². The summed E-state index contributed by atoms with van der Waals surface area (Å²) in [7, 11) is 5.22. The number of aromatic nitrogens is 3. The van der Waals surface area contributed by atoms with Crippen LogP contribution in [0.1, 0.15) is 85.2 Å². The van der Waals surface area contributed by atoms with Crippen molar-refractivity contribution in [2.24, 2.45) is 15.0 Å². The molecule has 9 aliphatic heterocycles. The van der Waals surface area contributed by atoms with E-state index >= 15 is 0 Å². The molecular formula is C94H92Cl3F3N18O16S3. The van der Waals surface area contributed by atoms with Crippen LogP contribution in [0.4, 0.5) is 44.6 Å². The van der Waals surface area contributed by atoms with Crippen LogP contribution in [0.3, 0.4) is 0 Å². The van der Waals surface area contributed by atoms with Gasteiger partial charge < -0.3 is 63.8 Å². The number of nitrogens with zero attached hydrogens (tertiary/aromatic N) is 15. The molecule has 34 nitrogen and oxygen atoms in total. The number of urea groups is 3. The number of thiazole rings is 3. The van der Waals surface area contributed by atoms with Gasteiger partial charge in [-0.1, -0.05) is 77.3 Å². The summed E-state index contributed by atoms with van der Waals surface area (Å²) in [4.78, 5) is 159. The fourth-order valence-corrected chi connectivity index (χ4v) is 20.1. The van der Waals surface area contributed by atoms with Crippen molar-refractivity contribution in [3.8, 4) is 0 Å². The third-order valence-electron chi connectivity index (χ3n) is 24.1. The number of esters is 6. The maximum absolute atomic E-state index is 14.0. The fraction of sp³-hybridized carbons (Fsp3) is 0.330. The predicted octanol–water partition coefficient (Wildman–Crippen LogP) is 12.2. The molecular weight excluding hydrogens is 1900 g/mol. The van der Waals surface area contributed by atoms with E-state index in [2.05, 4.69) is 45.6 Å². The molecule has 12 heterocycles. The van der Waals surface area contributed by atoms with Crippen LogP contribution in [0, 0.1) is 17.5 Å². The number of halogens is 6. The Morgan fingerprint density at radius 1 is 0.423 bits per heavy atom. The van der Waals surface area contributed by atoms with E-state index in [0.29, 0.717) is 182 Å². The van der Waals surface area contributed by atoms with E-state index in [0.717, 1.165) is 22.5 Å². The maximum atomic E-state index is 14.0. The Morgan fingerprint density at radius 3 is 1.05 bits per heavy atom. The van der Waals surface area contributed by atoms with Crippen LogP contribution in [0.25, 0.3) is 0 Å². The van der Waals surface area contributed by atoms with Gasteiger partial charge in [0.2, 0.25) is 0 Å². The van der Waals surface area contributed by atoms with Crippen molar-refractivity contribution in [3.05, 3.63) is 277 Å². The number of hydrogen-bond donors (Lipinski definition) is 3.